The predicted octanol–water partition coefficient (Wildman–Crippen LogP) is 2.79. The lowest BCUT2D eigenvalue weighted by Gasteiger charge is -2.12. The van der Waals surface area contributed by atoms with Crippen molar-refractivity contribution in [1.82, 2.24) is 0 Å². The lowest BCUT2D eigenvalue weighted by Crippen LogP contribution is -2.28. The predicted molar refractivity (Wildman–Crippen MR) is 93.2 cm³/mol. The van der Waals surface area contributed by atoms with Gasteiger partial charge < -0.3 is 9.84 Å². The van der Waals surface area contributed by atoms with E-state index in [9.17, 15) is 22.7 Å². The molecule has 1 saturated carbocycles. The molecule has 0 aromatic heterocycles. The molecule has 1 fully saturated rings. The average Bonchev–Trinajstić information content (AvgIpc) is 3.27. The third kappa shape index (κ3) is 2.81. The number of aryl methyl sites for hydroxylation is 1. The van der Waals surface area contributed by atoms with E-state index >= 15 is 0 Å². The summed E-state index contributed by atoms with van der Waals surface area (Å²) in [7, 11) is -2.59. The van der Waals surface area contributed by atoms with E-state index in [0.29, 0.717) is 5.56 Å². The molecule has 0 unspecified atom stereocenters. The minimum atomic E-state index is -3.92. The molecule has 2 aromatic rings. The molecule has 0 saturated heterocycles. The topological polar surface area (TPSA) is 80.7 Å². The first-order chi connectivity index (χ1) is 12.2. The standard InChI is InChI=1S/C19H19FO5S/c1-12-3-9-15(10-4-12)26(23,24)17-16(13-5-7-14(20)8-6-13)19(17,11-25-2)18(21)22/h3-10,16-17H,11H2,1-2H3,(H,21,22)/t16-,17+,19-/m0/s1. The van der Waals surface area contributed by atoms with Crippen LogP contribution in [0.2, 0.25) is 0 Å². The summed E-state index contributed by atoms with van der Waals surface area (Å²) < 4.78 is 44.6. The van der Waals surface area contributed by atoms with Crippen LogP contribution in [0.1, 0.15) is 17.0 Å². The second-order valence-electron chi connectivity index (χ2n) is 6.59. The minimum Gasteiger partial charge on any atom is -0.481 e. The molecule has 2 aromatic carbocycles. The van der Waals surface area contributed by atoms with Gasteiger partial charge in [0.05, 0.1) is 16.8 Å². The lowest BCUT2D eigenvalue weighted by molar-refractivity contribution is -0.145. The van der Waals surface area contributed by atoms with Gasteiger partial charge in [0.2, 0.25) is 0 Å². The zero-order valence-electron chi connectivity index (χ0n) is 14.3. The number of methoxy groups -OCH3 is 1. The fraction of sp³-hybridized carbons (Fsp3) is 0.316. The molecule has 3 rings (SSSR count). The summed E-state index contributed by atoms with van der Waals surface area (Å²) in [5, 5.41) is 8.65. The van der Waals surface area contributed by atoms with Crippen molar-refractivity contribution in [1.29, 1.82) is 0 Å². The number of aliphatic carboxylic acids is 1. The van der Waals surface area contributed by atoms with Gasteiger partial charge in [0.15, 0.2) is 9.84 Å². The van der Waals surface area contributed by atoms with Crippen LogP contribution in [0, 0.1) is 18.2 Å². The first-order valence-corrected chi connectivity index (χ1v) is 9.58. The highest BCUT2D eigenvalue weighted by Gasteiger charge is 2.76. The van der Waals surface area contributed by atoms with Crippen molar-refractivity contribution in [3.05, 3.63) is 65.5 Å². The Balaban J connectivity index is 2.11. The van der Waals surface area contributed by atoms with Crippen LogP contribution in [0.5, 0.6) is 0 Å². The molecule has 1 aliphatic carbocycles. The van der Waals surface area contributed by atoms with Crippen LogP contribution >= 0.6 is 0 Å². The molecule has 0 aliphatic heterocycles. The number of halogens is 1. The van der Waals surface area contributed by atoms with Gasteiger partial charge in [-0.2, -0.15) is 0 Å². The molecule has 1 N–H and O–H groups in total. The average molecular weight is 378 g/mol. The van der Waals surface area contributed by atoms with E-state index in [0.717, 1.165) is 5.56 Å². The van der Waals surface area contributed by atoms with Crippen LogP contribution in [0.25, 0.3) is 0 Å². The van der Waals surface area contributed by atoms with Gasteiger partial charge in [0.25, 0.3) is 0 Å². The Labute approximate surface area is 151 Å². The van der Waals surface area contributed by atoms with Crippen LogP contribution < -0.4 is 0 Å². The van der Waals surface area contributed by atoms with Gasteiger partial charge in [-0.1, -0.05) is 29.8 Å². The van der Waals surface area contributed by atoms with Crippen LogP contribution in [-0.4, -0.2) is 38.5 Å². The number of carbonyl (C=O) groups is 1. The van der Waals surface area contributed by atoms with Gasteiger partial charge in [-0.15, -0.1) is 0 Å². The van der Waals surface area contributed by atoms with Crippen molar-refractivity contribution in [2.75, 3.05) is 13.7 Å². The summed E-state index contributed by atoms with van der Waals surface area (Å²) in [6.07, 6.45) is 0. The number of carboxylic acids is 1. The largest absolute Gasteiger partial charge is 0.481 e. The van der Waals surface area contributed by atoms with Crippen LogP contribution in [0.3, 0.4) is 0 Å². The monoisotopic (exact) mass is 378 g/mol. The van der Waals surface area contributed by atoms with E-state index in [1.807, 2.05) is 6.92 Å². The molecule has 7 heteroatoms. The molecule has 138 valence electrons. The zero-order chi connectivity index (χ0) is 19.1. The third-order valence-corrected chi connectivity index (χ3v) is 7.24. The Bertz CT molecular complexity index is 921. The Hall–Kier alpha value is -2.25. The fourth-order valence-electron chi connectivity index (χ4n) is 3.60. The number of hydrogen-bond donors (Lipinski definition) is 1. The van der Waals surface area contributed by atoms with E-state index in [2.05, 4.69) is 0 Å². The Morgan fingerprint density at radius 2 is 1.73 bits per heavy atom. The van der Waals surface area contributed by atoms with E-state index in [4.69, 9.17) is 4.74 Å². The van der Waals surface area contributed by atoms with Gasteiger partial charge >= 0.3 is 5.97 Å². The van der Waals surface area contributed by atoms with Gasteiger partial charge in [0.1, 0.15) is 11.2 Å². The van der Waals surface area contributed by atoms with Gasteiger partial charge in [-0.3, -0.25) is 4.79 Å². The van der Waals surface area contributed by atoms with Crippen molar-refractivity contribution in [3.8, 4) is 0 Å². The molecule has 0 radical (unpaired) electrons. The molecule has 5 nitrogen and oxygen atoms in total. The molecule has 0 amide bonds. The molecular weight excluding hydrogens is 359 g/mol. The summed E-state index contributed by atoms with van der Waals surface area (Å²) in [5.41, 5.74) is -0.237. The van der Waals surface area contributed by atoms with Crippen molar-refractivity contribution < 1.29 is 27.4 Å². The molecule has 0 heterocycles. The maximum atomic E-state index is 13.2. The summed E-state index contributed by atoms with van der Waals surface area (Å²) in [6.45, 7) is 1.58. The molecule has 26 heavy (non-hydrogen) atoms. The number of rotatable bonds is 6. The Morgan fingerprint density at radius 3 is 2.23 bits per heavy atom. The summed E-state index contributed by atoms with van der Waals surface area (Å²) in [6, 6.07) is 11.5. The minimum absolute atomic E-state index is 0.0689. The van der Waals surface area contributed by atoms with Crippen LogP contribution in [0.4, 0.5) is 4.39 Å². The molecule has 1 aliphatic rings. The normalized spacial score (nSPS) is 25.0. The van der Waals surface area contributed by atoms with Gasteiger partial charge in [-0.05, 0) is 36.8 Å². The van der Waals surface area contributed by atoms with Crippen molar-refractivity contribution in [2.45, 2.75) is 23.0 Å². The van der Waals surface area contributed by atoms with Crippen LogP contribution in [0.15, 0.2) is 53.4 Å². The molecular formula is C19H19FO5S. The maximum Gasteiger partial charge on any atom is 0.314 e. The molecule has 3 atom stereocenters. The zero-order valence-corrected chi connectivity index (χ0v) is 15.2. The number of ether oxygens (including phenoxy) is 1. The van der Waals surface area contributed by atoms with Gasteiger partial charge in [0, 0.05) is 13.0 Å². The second kappa shape index (κ2) is 6.48. The molecule has 0 bridgehead atoms. The first kappa shape index (κ1) is 18.5. The fourth-order valence-corrected chi connectivity index (χ4v) is 5.96. The van der Waals surface area contributed by atoms with E-state index < -0.39 is 38.2 Å². The van der Waals surface area contributed by atoms with Crippen molar-refractivity contribution in [3.63, 3.8) is 0 Å². The summed E-state index contributed by atoms with van der Waals surface area (Å²) in [5.74, 6) is -2.53. The quantitative estimate of drug-likeness (QED) is 0.836. The SMILES string of the molecule is COC[C@@]1(C(=O)O)[C@H](S(=O)(=O)c2ccc(C)cc2)[C@@H]1c1ccc(F)cc1. The first-order valence-electron chi connectivity index (χ1n) is 8.03. The number of benzene rings is 2. The Morgan fingerprint density at radius 1 is 1.15 bits per heavy atom. The van der Waals surface area contributed by atoms with Crippen LogP contribution in [-0.2, 0) is 19.4 Å². The number of carboxylic acid groups (broad SMARTS) is 1. The lowest BCUT2D eigenvalue weighted by atomic mass is 10.00. The van der Waals surface area contributed by atoms with E-state index in [1.54, 1.807) is 12.1 Å². The van der Waals surface area contributed by atoms with Gasteiger partial charge in [-0.25, -0.2) is 12.8 Å². The third-order valence-electron chi connectivity index (χ3n) is 4.95. The second-order valence-corrected chi connectivity index (χ2v) is 8.66. The van der Waals surface area contributed by atoms with E-state index in [1.165, 1.54) is 43.5 Å². The highest BCUT2D eigenvalue weighted by molar-refractivity contribution is 7.92. The summed E-state index contributed by atoms with van der Waals surface area (Å²) >= 11 is 0. The smallest absolute Gasteiger partial charge is 0.314 e. The van der Waals surface area contributed by atoms with E-state index in [-0.39, 0.29) is 11.5 Å². The highest BCUT2D eigenvalue weighted by Crippen LogP contribution is 2.64. The summed E-state index contributed by atoms with van der Waals surface area (Å²) in [4.78, 5) is 12.1. The highest BCUT2D eigenvalue weighted by atomic mass is 32.2. The number of hydrogen-bond acceptors (Lipinski definition) is 4. The molecule has 0 spiro atoms. The maximum absolute atomic E-state index is 13.2. The van der Waals surface area contributed by atoms with Crippen molar-refractivity contribution in [2.24, 2.45) is 5.41 Å². The van der Waals surface area contributed by atoms with Crippen molar-refractivity contribution >= 4 is 15.8 Å². The Kier molecular flexibility index (Phi) is 4.62. The number of sulfone groups is 1.